The monoisotopic (exact) mass is 307 g/mol. The van der Waals surface area contributed by atoms with E-state index >= 15 is 0 Å². The minimum Gasteiger partial charge on any atom is -0.439 e. The van der Waals surface area contributed by atoms with E-state index in [1.54, 1.807) is 30.3 Å². The molecule has 0 atom stereocenters. The summed E-state index contributed by atoms with van der Waals surface area (Å²) >= 11 is 0. The molecular weight excluding hydrogens is 294 g/mol. The molecule has 0 fully saturated rings. The van der Waals surface area contributed by atoms with Gasteiger partial charge in [0.1, 0.15) is 11.4 Å². The molecule has 1 heterocycles. The van der Waals surface area contributed by atoms with Gasteiger partial charge in [-0.15, -0.1) is 0 Å². The van der Waals surface area contributed by atoms with Crippen molar-refractivity contribution in [2.75, 3.05) is 6.26 Å². The number of pyridine rings is 1. The number of hydrogen-bond acceptors (Lipinski definition) is 6. The number of nitrogens with two attached hydrogens (primary N) is 1. The molecular formula is C13H13N3O4S. The molecule has 0 amide bonds. The van der Waals surface area contributed by atoms with Gasteiger partial charge in [-0.25, -0.2) is 13.4 Å². The molecule has 21 heavy (non-hydrogen) atoms. The van der Waals surface area contributed by atoms with Crippen molar-refractivity contribution in [2.24, 2.45) is 10.9 Å². The summed E-state index contributed by atoms with van der Waals surface area (Å²) in [6.45, 7) is 0. The molecule has 1 aromatic heterocycles. The maximum Gasteiger partial charge on any atom is 0.219 e. The fourth-order valence-electron chi connectivity index (χ4n) is 1.55. The Bertz CT molecular complexity index is 788. The number of aromatic nitrogens is 1. The fraction of sp³-hybridized carbons (Fsp3) is 0.0769. The van der Waals surface area contributed by atoms with Crippen LogP contribution in [0.5, 0.6) is 11.6 Å². The molecule has 0 aliphatic rings. The molecule has 0 aliphatic carbocycles. The van der Waals surface area contributed by atoms with Crippen LogP contribution < -0.4 is 10.5 Å². The summed E-state index contributed by atoms with van der Waals surface area (Å²) in [5.41, 5.74) is 5.69. The zero-order chi connectivity index (χ0) is 15.5. The Morgan fingerprint density at radius 2 is 2.00 bits per heavy atom. The molecule has 0 saturated carbocycles. The highest BCUT2D eigenvalue weighted by atomic mass is 32.2. The first-order chi connectivity index (χ1) is 9.90. The van der Waals surface area contributed by atoms with Gasteiger partial charge in [0.25, 0.3) is 0 Å². The van der Waals surface area contributed by atoms with Crippen LogP contribution in [0.25, 0.3) is 0 Å². The molecule has 8 heteroatoms. The molecule has 2 rings (SSSR count). The van der Waals surface area contributed by atoms with Crippen LogP contribution in [0.1, 0.15) is 5.69 Å². The van der Waals surface area contributed by atoms with Crippen molar-refractivity contribution in [2.45, 2.75) is 4.90 Å². The van der Waals surface area contributed by atoms with Crippen molar-refractivity contribution in [3.63, 3.8) is 0 Å². The number of benzene rings is 1. The average Bonchev–Trinajstić information content (AvgIpc) is 2.46. The van der Waals surface area contributed by atoms with Crippen LogP contribution in [0.4, 0.5) is 0 Å². The van der Waals surface area contributed by atoms with Gasteiger partial charge in [0.2, 0.25) is 5.88 Å². The lowest BCUT2D eigenvalue weighted by Gasteiger charge is -2.07. The molecule has 0 unspecified atom stereocenters. The predicted molar refractivity (Wildman–Crippen MR) is 76.4 cm³/mol. The first-order valence-electron chi connectivity index (χ1n) is 5.83. The molecule has 2 aromatic rings. The van der Waals surface area contributed by atoms with Gasteiger partial charge in [-0.2, -0.15) is 0 Å². The van der Waals surface area contributed by atoms with Crippen LogP contribution in [0, 0.1) is 0 Å². The lowest BCUT2D eigenvalue weighted by atomic mass is 10.3. The quantitative estimate of drug-likeness (QED) is 0.381. The Kier molecular flexibility index (Phi) is 4.08. The Balaban J connectivity index is 2.31. The maximum atomic E-state index is 11.5. The van der Waals surface area contributed by atoms with Crippen molar-refractivity contribution in [1.29, 1.82) is 0 Å². The number of rotatable bonds is 4. The maximum absolute atomic E-state index is 11.5. The van der Waals surface area contributed by atoms with Gasteiger partial charge >= 0.3 is 0 Å². The van der Waals surface area contributed by atoms with Gasteiger partial charge in [0.05, 0.1) is 4.90 Å². The highest BCUT2D eigenvalue weighted by molar-refractivity contribution is 7.90. The Morgan fingerprint density at radius 3 is 2.67 bits per heavy atom. The summed E-state index contributed by atoms with van der Waals surface area (Å²) in [7, 11) is -3.32. The summed E-state index contributed by atoms with van der Waals surface area (Å²) in [4.78, 5) is 4.19. The number of hydrogen-bond donors (Lipinski definition) is 2. The third-order valence-corrected chi connectivity index (χ3v) is 3.66. The molecule has 110 valence electrons. The van der Waals surface area contributed by atoms with Gasteiger partial charge in [0.15, 0.2) is 15.7 Å². The van der Waals surface area contributed by atoms with Crippen LogP contribution in [0.3, 0.4) is 0 Å². The van der Waals surface area contributed by atoms with E-state index in [1.165, 1.54) is 12.1 Å². The summed E-state index contributed by atoms with van der Waals surface area (Å²) in [5, 5.41) is 11.5. The highest BCUT2D eigenvalue weighted by Gasteiger charge is 2.09. The lowest BCUT2D eigenvalue weighted by Crippen LogP contribution is -2.14. The second kappa shape index (κ2) is 5.80. The average molecular weight is 307 g/mol. The van der Waals surface area contributed by atoms with Crippen molar-refractivity contribution >= 4 is 15.7 Å². The second-order valence-corrected chi connectivity index (χ2v) is 6.21. The largest absolute Gasteiger partial charge is 0.439 e. The number of sulfone groups is 1. The normalized spacial score (nSPS) is 12.1. The van der Waals surface area contributed by atoms with Crippen molar-refractivity contribution < 1.29 is 18.4 Å². The van der Waals surface area contributed by atoms with E-state index < -0.39 is 9.84 Å². The first-order valence-corrected chi connectivity index (χ1v) is 7.72. The third kappa shape index (κ3) is 3.69. The zero-order valence-corrected chi connectivity index (χ0v) is 11.9. The molecule has 1 aromatic carbocycles. The third-order valence-electron chi connectivity index (χ3n) is 2.55. The zero-order valence-electron chi connectivity index (χ0n) is 11.1. The van der Waals surface area contributed by atoms with E-state index in [4.69, 9.17) is 15.7 Å². The minimum atomic E-state index is -3.32. The molecule has 0 radical (unpaired) electrons. The molecule has 0 spiro atoms. The molecule has 0 bridgehead atoms. The van der Waals surface area contributed by atoms with E-state index in [0.717, 1.165) is 6.26 Å². The predicted octanol–water partition coefficient (Wildman–Crippen LogP) is 1.37. The summed E-state index contributed by atoms with van der Waals surface area (Å²) in [6, 6.07) is 10.8. The Labute approximate surface area is 121 Å². The number of nitrogens with zero attached hydrogens (tertiary/aromatic N) is 2. The summed E-state index contributed by atoms with van der Waals surface area (Å²) in [5.74, 6) is 0.372. The molecule has 7 nitrogen and oxygen atoms in total. The van der Waals surface area contributed by atoms with E-state index in [9.17, 15) is 8.42 Å². The lowest BCUT2D eigenvalue weighted by molar-refractivity contribution is 0.318. The van der Waals surface area contributed by atoms with Crippen LogP contribution in [0.2, 0.25) is 0 Å². The summed E-state index contributed by atoms with van der Waals surface area (Å²) < 4.78 is 28.5. The summed E-state index contributed by atoms with van der Waals surface area (Å²) in [6.07, 6.45) is 1.11. The van der Waals surface area contributed by atoms with Crippen molar-refractivity contribution in [3.8, 4) is 11.6 Å². The highest BCUT2D eigenvalue weighted by Crippen LogP contribution is 2.22. The van der Waals surface area contributed by atoms with Gasteiger partial charge in [-0.05, 0) is 24.3 Å². The minimum absolute atomic E-state index is 0.146. The molecule has 0 saturated heterocycles. The topological polar surface area (TPSA) is 115 Å². The number of oxime groups is 1. The van der Waals surface area contributed by atoms with Gasteiger partial charge in [-0.1, -0.05) is 17.3 Å². The standard InChI is InChI=1S/C13H13N3O4S/c1-21(18,19)10-5-2-4-9(8-10)20-12-7-3-6-11(15-12)13(14)16-17/h2-8,17H,1H3,(H2,14,16). The van der Waals surface area contributed by atoms with Gasteiger partial charge < -0.3 is 15.7 Å². The van der Waals surface area contributed by atoms with Crippen LogP contribution in [0.15, 0.2) is 52.5 Å². The van der Waals surface area contributed by atoms with Gasteiger partial charge in [-0.3, -0.25) is 0 Å². The first kappa shape index (κ1) is 14.8. The molecule has 0 aliphatic heterocycles. The number of ether oxygens (including phenoxy) is 1. The second-order valence-electron chi connectivity index (χ2n) is 4.20. The molecule has 3 N–H and O–H groups in total. The fourth-order valence-corrected chi connectivity index (χ4v) is 2.21. The van der Waals surface area contributed by atoms with Crippen molar-refractivity contribution in [1.82, 2.24) is 4.98 Å². The van der Waals surface area contributed by atoms with E-state index in [1.807, 2.05) is 0 Å². The Hall–Kier alpha value is -2.61. The van der Waals surface area contributed by atoms with Crippen LogP contribution in [-0.4, -0.2) is 30.7 Å². The van der Waals surface area contributed by atoms with Gasteiger partial charge in [0, 0.05) is 12.3 Å². The van der Waals surface area contributed by atoms with E-state index in [0.29, 0.717) is 5.75 Å². The smallest absolute Gasteiger partial charge is 0.219 e. The number of amidine groups is 1. The van der Waals surface area contributed by atoms with Crippen molar-refractivity contribution in [3.05, 3.63) is 48.2 Å². The van der Waals surface area contributed by atoms with Crippen LogP contribution in [-0.2, 0) is 9.84 Å². The SMILES string of the molecule is CS(=O)(=O)c1cccc(Oc2cccc(C(N)=NO)n2)c1. The Morgan fingerprint density at radius 1 is 1.29 bits per heavy atom. The van der Waals surface area contributed by atoms with E-state index in [2.05, 4.69) is 10.1 Å². The van der Waals surface area contributed by atoms with E-state index in [-0.39, 0.29) is 22.3 Å². The van der Waals surface area contributed by atoms with Crippen LogP contribution >= 0.6 is 0 Å².